The molecule has 1 heterocycles. The quantitative estimate of drug-likeness (QED) is 0.900. The van der Waals surface area contributed by atoms with E-state index in [9.17, 15) is 4.79 Å². The molecular weight excluding hydrogens is 236 g/mol. The Morgan fingerprint density at radius 3 is 2.47 bits per heavy atom. The average Bonchev–Trinajstić information content (AvgIpc) is 3.24. The summed E-state index contributed by atoms with van der Waals surface area (Å²) >= 11 is 0. The summed E-state index contributed by atoms with van der Waals surface area (Å²) < 4.78 is 0. The molecule has 2 atom stereocenters. The lowest BCUT2D eigenvalue weighted by atomic mass is 9.90. The molecule has 102 valence electrons. The number of piperidine rings is 1. The van der Waals surface area contributed by atoms with E-state index in [-0.39, 0.29) is 5.41 Å². The fourth-order valence-electron chi connectivity index (χ4n) is 3.47. The molecule has 3 rings (SSSR count). The number of hydrogen-bond donors (Lipinski definition) is 1. The van der Waals surface area contributed by atoms with E-state index in [0.717, 1.165) is 37.9 Å². The Balaban J connectivity index is 1.87. The molecule has 3 nitrogen and oxygen atoms in total. The van der Waals surface area contributed by atoms with Gasteiger partial charge in [-0.3, -0.25) is 4.79 Å². The number of hydrogen-bond acceptors (Lipinski definition) is 2. The van der Waals surface area contributed by atoms with E-state index in [1.165, 1.54) is 6.42 Å². The third kappa shape index (κ3) is 2.06. The standard InChI is InChI=1S/C16H22N2O/c17-12-14-11-16(14,13-7-3-1-4-8-13)15(19)18-9-5-2-6-10-18/h1,3-4,7-8,14H,2,5-6,9-12,17H2. The zero-order valence-corrected chi connectivity index (χ0v) is 11.3. The van der Waals surface area contributed by atoms with Crippen LogP contribution in [0.15, 0.2) is 30.3 Å². The van der Waals surface area contributed by atoms with E-state index in [1.807, 2.05) is 18.2 Å². The Hall–Kier alpha value is -1.35. The summed E-state index contributed by atoms with van der Waals surface area (Å²) in [5, 5.41) is 0. The summed E-state index contributed by atoms with van der Waals surface area (Å²) in [6, 6.07) is 10.2. The predicted molar refractivity (Wildman–Crippen MR) is 75.7 cm³/mol. The van der Waals surface area contributed by atoms with Crippen LogP contribution in [-0.2, 0) is 10.2 Å². The minimum atomic E-state index is -0.312. The summed E-state index contributed by atoms with van der Waals surface area (Å²) in [4.78, 5) is 15.0. The normalized spacial score (nSPS) is 30.2. The van der Waals surface area contributed by atoms with Crippen LogP contribution in [0, 0.1) is 5.92 Å². The maximum atomic E-state index is 12.9. The number of nitrogens with zero attached hydrogens (tertiary/aromatic N) is 1. The van der Waals surface area contributed by atoms with Gasteiger partial charge in [0.25, 0.3) is 0 Å². The zero-order valence-electron chi connectivity index (χ0n) is 11.3. The van der Waals surface area contributed by atoms with Crippen LogP contribution in [0.2, 0.25) is 0 Å². The molecule has 0 spiro atoms. The number of likely N-dealkylation sites (tertiary alicyclic amines) is 1. The highest BCUT2D eigenvalue weighted by molar-refractivity contribution is 5.92. The molecule has 2 unspecified atom stereocenters. The first-order chi connectivity index (χ1) is 9.29. The van der Waals surface area contributed by atoms with Gasteiger partial charge < -0.3 is 10.6 Å². The SMILES string of the molecule is NCC1CC1(C(=O)N1CCCCC1)c1ccccc1. The Morgan fingerprint density at radius 1 is 1.21 bits per heavy atom. The molecule has 1 aliphatic carbocycles. The number of rotatable bonds is 3. The molecule has 0 radical (unpaired) electrons. The van der Waals surface area contributed by atoms with E-state index in [1.54, 1.807) is 0 Å². The van der Waals surface area contributed by atoms with Crippen LogP contribution in [0.3, 0.4) is 0 Å². The van der Waals surface area contributed by atoms with Crippen molar-refractivity contribution >= 4 is 5.91 Å². The number of carbonyl (C=O) groups excluding carboxylic acids is 1. The van der Waals surface area contributed by atoms with Gasteiger partial charge in [0, 0.05) is 13.1 Å². The fraction of sp³-hybridized carbons (Fsp3) is 0.562. The Labute approximate surface area is 114 Å². The summed E-state index contributed by atoms with van der Waals surface area (Å²) in [5.74, 6) is 0.637. The van der Waals surface area contributed by atoms with E-state index >= 15 is 0 Å². The largest absolute Gasteiger partial charge is 0.342 e. The molecule has 1 saturated heterocycles. The molecule has 0 bridgehead atoms. The summed E-state index contributed by atoms with van der Waals surface area (Å²) in [6.45, 7) is 2.45. The smallest absolute Gasteiger partial charge is 0.233 e. The monoisotopic (exact) mass is 258 g/mol. The molecule has 1 aliphatic heterocycles. The molecule has 19 heavy (non-hydrogen) atoms. The minimum absolute atomic E-state index is 0.312. The first-order valence-electron chi connectivity index (χ1n) is 7.34. The number of benzene rings is 1. The maximum Gasteiger partial charge on any atom is 0.233 e. The summed E-state index contributed by atoms with van der Waals surface area (Å²) in [5.41, 5.74) is 6.68. The van der Waals surface area contributed by atoms with Crippen molar-refractivity contribution in [2.24, 2.45) is 11.7 Å². The van der Waals surface area contributed by atoms with Gasteiger partial charge in [-0.25, -0.2) is 0 Å². The molecule has 1 aromatic rings. The second-order valence-electron chi connectivity index (χ2n) is 5.83. The van der Waals surface area contributed by atoms with Crippen molar-refractivity contribution in [2.75, 3.05) is 19.6 Å². The first-order valence-corrected chi connectivity index (χ1v) is 7.34. The van der Waals surface area contributed by atoms with E-state index in [0.29, 0.717) is 18.4 Å². The third-order valence-electron chi connectivity index (χ3n) is 4.70. The van der Waals surface area contributed by atoms with Crippen molar-refractivity contribution in [1.29, 1.82) is 0 Å². The highest BCUT2D eigenvalue weighted by Gasteiger charge is 2.61. The van der Waals surface area contributed by atoms with Gasteiger partial charge in [-0.1, -0.05) is 30.3 Å². The van der Waals surface area contributed by atoms with Crippen LogP contribution in [0.25, 0.3) is 0 Å². The molecular formula is C16H22N2O. The van der Waals surface area contributed by atoms with Crippen LogP contribution >= 0.6 is 0 Å². The topological polar surface area (TPSA) is 46.3 Å². The number of carbonyl (C=O) groups is 1. The minimum Gasteiger partial charge on any atom is -0.342 e. The van der Waals surface area contributed by atoms with Gasteiger partial charge in [0.05, 0.1) is 5.41 Å². The Bertz CT molecular complexity index is 453. The number of nitrogens with two attached hydrogens (primary N) is 1. The van der Waals surface area contributed by atoms with Gasteiger partial charge in [-0.05, 0) is 43.7 Å². The van der Waals surface area contributed by atoms with Crippen LogP contribution in [0.4, 0.5) is 0 Å². The van der Waals surface area contributed by atoms with Crippen molar-refractivity contribution in [3.63, 3.8) is 0 Å². The van der Waals surface area contributed by atoms with Gasteiger partial charge >= 0.3 is 0 Å². The lowest BCUT2D eigenvalue weighted by Gasteiger charge is -2.31. The fourth-order valence-corrected chi connectivity index (χ4v) is 3.47. The van der Waals surface area contributed by atoms with Crippen molar-refractivity contribution in [2.45, 2.75) is 31.1 Å². The lowest BCUT2D eigenvalue weighted by molar-refractivity contribution is -0.135. The molecule has 0 aromatic heterocycles. The average molecular weight is 258 g/mol. The van der Waals surface area contributed by atoms with Crippen LogP contribution in [-0.4, -0.2) is 30.4 Å². The Morgan fingerprint density at radius 2 is 1.89 bits per heavy atom. The van der Waals surface area contributed by atoms with Crippen molar-refractivity contribution < 1.29 is 4.79 Å². The summed E-state index contributed by atoms with van der Waals surface area (Å²) in [6.07, 6.45) is 4.46. The van der Waals surface area contributed by atoms with Crippen molar-refractivity contribution in [3.05, 3.63) is 35.9 Å². The van der Waals surface area contributed by atoms with E-state index in [4.69, 9.17) is 5.73 Å². The van der Waals surface area contributed by atoms with Crippen molar-refractivity contribution in [3.8, 4) is 0 Å². The first kappa shape index (κ1) is 12.7. The van der Waals surface area contributed by atoms with Gasteiger partial charge in [-0.15, -0.1) is 0 Å². The molecule has 3 heteroatoms. The van der Waals surface area contributed by atoms with Gasteiger partial charge in [0.15, 0.2) is 0 Å². The molecule has 1 amide bonds. The molecule has 1 saturated carbocycles. The summed E-state index contributed by atoms with van der Waals surface area (Å²) in [7, 11) is 0. The second-order valence-corrected chi connectivity index (χ2v) is 5.83. The van der Waals surface area contributed by atoms with Crippen LogP contribution in [0.1, 0.15) is 31.2 Å². The molecule has 2 N–H and O–H groups in total. The Kier molecular flexibility index (Phi) is 3.31. The van der Waals surface area contributed by atoms with E-state index < -0.39 is 0 Å². The van der Waals surface area contributed by atoms with E-state index in [2.05, 4.69) is 17.0 Å². The molecule has 2 fully saturated rings. The molecule has 1 aromatic carbocycles. The maximum absolute atomic E-state index is 12.9. The van der Waals surface area contributed by atoms with Gasteiger partial charge in [0.2, 0.25) is 5.91 Å². The third-order valence-corrected chi connectivity index (χ3v) is 4.70. The van der Waals surface area contributed by atoms with Crippen LogP contribution in [0.5, 0.6) is 0 Å². The molecule has 2 aliphatic rings. The second kappa shape index (κ2) is 4.97. The van der Waals surface area contributed by atoms with Crippen molar-refractivity contribution in [1.82, 2.24) is 4.90 Å². The highest BCUT2D eigenvalue weighted by Crippen LogP contribution is 2.55. The van der Waals surface area contributed by atoms with Gasteiger partial charge in [-0.2, -0.15) is 0 Å². The highest BCUT2D eigenvalue weighted by atomic mass is 16.2. The lowest BCUT2D eigenvalue weighted by Crippen LogP contribution is -2.43. The number of amides is 1. The van der Waals surface area contributed by atoms with Gasteiger partial charge in [0.1, 0.15) is 0 Å². The zero-order chi connectivity index (χ0) is 13.3. The van der Waals surface area contributed by atoms with Crippen LogP contribution < -0.4 is 5.73 Å². The predicted octanol–water partition coefficient (Wildman–Crippen LogP) is 1.92.